The van der Waals surface area contributed by atoms with Gasteiger partial charge in [0.1, 0.15) is 0 Å². The minimum Gasteiger partial charge on any atom is -0.349 e. The van der Waals surface area contributed by atoms with E-state index in [1.165, 1.54) is 12.8 Å². The van der Waals surface area contributed by atoms with Crippen LogP contribution >= 0.6 is 0 Å². The molecule has 1 aromatic rings. The fraction of sp³-hybridized carbons (Fsp3) is 0.667. The molecule has 0 saturated heterocycles. The van der Waals surface area contributed by atoms with Gasteiger partial charge in [-0.15, -0.1) is 0 Å². The summed E-state index contributed by atoms with van der Waals surface area (Å²) in [5, 5.41) is 3.07. The predicted octanol–water partition coefficient (Wildman–Crippen LogP) is 0.517. The summed E-state index contributed by atoms with van der Waals surface area (Å²) in [4.78, 5) is 15.8. The largest absolute Gasteiger partial charge is 0.349 e. The van der Waals surface area contributed by atoms with Gasteiger partial charge >= 0.3 is 0 Å². The molecule has 94 valence electrons. The van der Waals surface area contributed by atoms with Crippen molar-refractivity contribution in [2.24, 2.45) is 11.7 Å². The van der Waals surface area contributed by atoms with Crippen molar-refractivity contribution in [2.45, 2.75) is 38.3 Å². The number of nitrogens with one attached hydrogen (secondary N) is 1. The third-order valence-corrected chi connectivity index (χ3v) is 3.48. The monoisotopic (exact) mass is 236 g/mol. The molecule has 0 radical (unpaired) electrons. The van der Waals surface area contributed by atoms with Gasteiger partial charge in [-0.05, 0) is 25.7 Å². The zero-order chi connectivity index (χ0) is 12.3. The summed E-state index contributed by atoms with van der Waals surface area (Å²) in [5.41, 5.74) is 5.54. The van der Waals surface area contributed by atoms with Crippen LogP contribution in [-0.4, -0.2) is 27.5 Å². The van der Waals surface area contributed by atoms with Crippen LogP contribution in [0.1, 0.15) is 26.2 Å². The van der Waals surface area contributed by atoms with Crippen LogP contribution in [0.5, 0.6) is 0 Å². The number of imidazole rings is 1. The van der Waals surface area contributed by atoms with E-state index < -0.39 is 0 Å². The van der Waals surface area contributed by atoms with E-state index in [2.05, 4.69) is 10.3 Å². The van der Waals surface area contributed by atoms with Gasteiger partial charge in [0, 0.05) is 31.9 Å². The SMILES string of the molecule is CC(CN)(NC(=O)CCn1ccnc1)C1CC1. The van der Waals surface area contributed by atoms with Crippen LogP contribution in [0.4, 0.5) is 0 Å². The molecule has 2 rings (SSSR count). The first kappa shape index (κ1) is 12.1. The van der Waals surface area contributed by atoms with Gasteiger partial charge in [-0.2, -0.15) is 0 Å². The molecule has 1 unspecified atom stereocenters. The number of nitrogens with zero attached hydrogens (tertiary/aromatic N) is 2. The lowest BCUT2D eigenvalue weighted by molar-refractivity contribution is -0.123. The standard InChI is InChI=1S/C12H20N4O/c1-12(8-13,10-2-3-10)15-11(17)4-6-16-7-5-14-9-16/h5,7,9-10H,2-4,6,8,13H2,1H3,(H,15,17). The molecule has 0 aromatic carbocycles. The van der Waals surface area contributed by atoms with Crippen molar-refractivity contribution in [3.8, 4) is 0 Å². The number of carbonyl (C=O) groups is 1. The fourth-order valence-corrected chi connectivity index (χ4v) is 2.07. The number of amides is 1. The van der Waals surface area contributed by atoms with Gasteiger partial charge in [-0.1, -0.05) is 0 Å². The molecule has 3 N–H and O–H groups in total. The summed E-state index contributed by atoms with van der Waals surface area (Å²) in [6.07, 6.45) is 8.11. The van der Waals surface area contributed by atoms with Gasteiger partial charge < -0.3 is 15.6 Å². The van der Waals surface area contributed by atoms with Crippen LogP contribution in [0.15, 0.2) is 18.7 Å². The Bertz CT molecular complexity index is 372. The van der Waals surface area contributed by atoms with Crippen molar-refractivity contribution in [1.29, 1.82) is 0 Å². The van der Waals surface area contributed by atoms with Gasteiger partial charge in [0.15, 0.2) is 0 Å². The van der Waals surface area contributed by atoms with E-state index in [-0.39, 0.29) is 11.4 Å². The van der Waals surface area contributed by atoms with Crippen LogP contribution in [0, 0.1) is 5.92 Å². The first-order chi connectivity index (χ1) is 8.14. The maximum absolute atomic E-state index is 11.8. The third kappa shape index (κ3) is 3.06. The first-order valence-corrected chi connectivity index (χ1v) is 6.11. The Morgan fingerprint density at radius 3 is 2.94 bits per heavy atom. The number of hydrogen-bond donors (Lipinski definition) is 2. The minimum atomic E-state index is -0.216. The van der Waals surface area contributed by atoms with Crippen molar-refractivity contribution in [3.63, 3.8) is 0 Å². The van der Waals surface area contributed by atoms with Crippen molar-refractivity contribution in [2.75, 3.05) is 6.54 Å². The molecule has 1 aliphatic rings. The number of carbonyl (C=O) groups excluding carboxylic acids is 1. The molecule has 1 heterocycles. The summed E-state index contributed by atoms with van der Waals surface area (Å²) >= 11 is 0. The van der Waals surface area contributed by atoms with E-state index in [9.17, 15) is 4.79 Å². The Kier molecular flexibility index (Phi) is 3.47. The van der Waals surface area contributed by atoms with E-state index in [1.807, 2.05) is 17.7 Å². The molecule has 1 saturated carbocycles. The third-order valence-electron chi connectivity index (χ3n) is 3.48. The van der Waals surface area contributed by atoms with E-state index in [0.717, 1.165) is 0 Å². The molecule has 0 spiro atoms. The molecule has 1 aliphatic carbocycles. The minimum absolute atomic E-state index is 0.0681. The highest BCUT2D eigenvalue weighted by Gasteiger charge is 2.41. The summed E-state index contributed by atoms with van der Waals surface area (Å²) in [5.74, 6) is 0.628. The molecular weight excluding hydrogens is 216 g/mol. The molecule has 1 amide bonds. The lowest BCUT2D eigenvalue weighted by Gasteiger charge is -2.29. The zero-order valence-electron chi connectivity index (χ0n) is 10.2. The second kappa shape index (κ2) is 4.87. The van der Waals surface area contributed by atoms with E-state index >= 15 is 0 Å². The summed E-state index contributed by atoms with van der Waals surface area (Å²) < 4.78 is 1.90. The van der Waals surface area contributed by atoms with Crippen LogP contribution in [0.25, 0.3) is 0 Å². The van der Waals surface area contributed by atoms with E-state index in [0.29, 0.717) is 25.4 Å². The Morgan fingerprint density at radius 1 is 1.65 bits per heavy atom. The highest BCUT2D eigenvalue weighted by molar-refractivity contribution is 5.76. The molecule has 1 fully saturated rings. The second-order valence-electron chi connectivity index (χ2n) is 4.99. The molecule has 1 atom stereocenters. The number of nitrogens with two attached hydrogens (primary N) is 1. The number of hydrogen-bond acceptors (Lipinski definition) is 3. The van der Waals surface area contributed by atoms with Crippen LogP contribution in [0.2, 0.25) is 0 Å². The van der Waals surface area contributed by atoms with Gasteiger partial charge in [0.2, 0.25) is 5.91 Å². The molecule has 0 aliphatic heterocycles. The number of aryl methyl sites for hydroxylation is 1. The van der Waals surface area contributed by atoms with E-state index in [4.69, 9.17) is 5.73 Å². The van der Waals surface area contributed by atoms with Crippen molar-refractivity contribution in [1.82, 2.24) is 14.9 Å². The maximum Gasteiger partial charge on any atom is 0.222 e. The fourth-order valence-electron chi connectivity index (χ4n) is 2.07. The summed E-state index contributed by atoms with van der Waals surface area (Å²) in [6.45, 7) is 3.21. The van der Waals surface area contributed by atoms with Crippen LogP contribution in [-0.2, 0) is 11.3 Å². The lowest BCUT2D eigenvalue weighted by Crippen LogP contribution is -2.53. The van der Waals surface area contributed by atoms with Gasteiger partial charge in [-0.25, -0.2) is 4.98 Å². The van der Waals surface area contributed by atoms with Crippen LogP contribution < -0.4 is 11.1 Å². The number of aromatic nitrogens is 2. The van der Waals surface area contributed by atoms with Crippen LogP contribution in [0.3, 0.4) is 0 Å². The molecule has 1 aromatic heterocycles. The zero-order valence-corrected chi connectivity index (χ0v) is 10.2. The average molecular weight is 236 g/mol. The highest BCUT2D eigenvalue weighted by atomic mass is 16.1. The molecule has 0 bridgehead atoms. The lowest BCUT2D eigenvalue weighted by atomic mass is 9.96. The van der Waals surface area contributed by atoms with E-state index in [1.54, 1.807) is 12.5 Å². The summed E-state index contributed by atoms with van der Waals surface area (Å²) in [7, 11) is 0. The van der Waals surface area contributed by atoms with Gasteiger partial charge in [0.05, 0.1) is 11.9 Å². The van der Waals surface area contributed by atoms with Gasteiger partial charge in [-0.3, -0.25) is 4.79 Å². The topological polar surface area (TPSA) is 72.9 Å². The first-order valence-electron chi connectivity index (χ1n) is 6.11. The number of rotatable bonds is 6. The second-order valence-corrected chi connectivity index (χ2v) is 4.99. The maximum atomic E-state index is 11.8. The Labute approximate surface area is 101 Å². The predicted molar refractivity (Wildman–Crippen MR) is 65.2 cm³/mol. The van der Waals surface area contributed by atoms with Crippen molar-refractivity contribution >= 4 is 5.91 Å². The molecule has 5 heteroatoms. The van der Waals surface area contributed by atoms with Crippen molar-refractivity contribution in [3.05, 3.63) is 18.7 Å². The Balaban J connectivity index is 1.80. The quantitative estimate of drug-likeness (QED) is 0.756. The van der Waals surface area contributed by atoms with Gasteiger partial charge in [0.25, 0.3) is 0 Å². The molecular formula is C12H20N4O. The molecule has 5 nitrogen and oxygen atoms in total. The summed E-state index contributed by atoms with van der Waals surface area (Å²) in [6, 6.07) is 0. The Morgan fingerprint density at radius 2 is 2.41 bits per heavy atom. The normalized spacial score (nSPS) is 18.7. The molecule has 17 heavy (non-hydrogen) atoms. The smallest absolute Gasteiger partial charge is 0.222 e. The van der Waals surface area contributed by atoms with Crippen molar-refractivity contribution < 1.29 is 4.79 Å². The highest BCUT2D eigenvalue weighted by Crippen LogP contribution is 2.38. The average Bonchev–Trinajstić information content (AvgIpc) is 3.05. The Hall–Kier alpha value is -1.36.